The smallest absolute Gasteiger partial charge is 0.358 e. The van der Waals surface area contributed by atoms with E-state index in [1.54, 1.807) is 0 Å². The number of benzene rings is 1. The lowest BCUT2D eigenvalue weighted by atomic mass is 10.1. The summed E-state index contributed by atoms with van der Waals surface area (Å²) in [6, 6.07) is 2.29. The van der Waals surface area contributed by atoms with Crippen molar-refractivity contribution in [2.45, 2.75) is 10.4 Å². The maximum absolute atomic E-state index is 11.5. The molecule has 1 aromatic rings. The molecule has 0 radical (unpaired) electrons. The van der Waals surface area contributed by atoms with Gasteiger partial charge in [0.2, 0.25) is 0 Å². The van der Waals surface area contributed by atoms with Crippen LogP contribution in [0.3, 0.4) is 0 Å². The second-order valence-electron chi connectivity index (χ2n) is 4.41. The average molecular weight is 387 g/mol. The summed E-state index contributed by atoms with van der Waals surface area (Å²) in [5.41, 5.74) is -1.46. The van der Waals surface area contributed by atoms with Gasteiger partial charge in [0.1, 0.15) is 17.9 Å². The molecule has 0 aliphatic heterocycles. The van der Waals surface area contributed by atoms with E-state index in [0.29, 0.717) is 0 Å². The Balaban J connectivity index is 3.41. The molecule has 23 heavy (non-hydrogen) atoms. The summed E-state index contributed by atoms with van der Waals surface area (Å²) in [5, 5.41) is 22.4. The Morgan fingerprint density at radius 1 is 1.22 bits per heavy atom. The average Bonchev–Trinajstić information content (AvgIpc) is 2.41. The highest BCUT2D eigenvalue weighted by molar-refractivity contribution is 6.75. The number of rotatable bonds is 5. The molecule has 0 saturated heterocycles. The Morgan fingerprint density at radius 2 is 1.78 bits per heavy atom. The van der Waals surface area contributed by atoms with Crippen LogP contribution in [0.2, 0.25) is 0 Å². The zero-order chi connectivity index (χ0) is 17.9. The van der Waals surface area contributed by atoms with Crippen LogP contribution in [0.15, 0.2) is 12.1 Å². The Morgan fingerprint density at radius 3 is 2.17 bits per heavy atom. The first-order valence-corrected chi connectivity index (χ1v) is 6.96. The third kappa shape index (κ3) is 4.57. The topological polar surface area (TPSA) is 116 Å². The molecular weight excluding hydrogens is 376 g/mol. The number of carbonyl (C=O) groups excluding carboxylic acids is 1. The quantitative estimate of drug-likeness (QED) is 0.330. The van der Waals surface area contributed by atoms with Crippen LogP contribution in [0.5, 0.6) is 0 Å². The Kier molecular flexibility index (Phi) is 5.98. The van der Waals surface area contributed by atoms with Gasteiger partial charge in [0, 0.05) is 20.2 Å². The summed E-state index contributed by atoms with van der Waals surface area (Å²) < 4.78 is 2.25. The fourth-order valence-corrected chi connectivity index (χ4v) is 1.87. The van der Waals surface area contributed by atoms with E-state index in [0.717, 1.165) is 6.07 Å². The van der Waals surface area contributed by atoms with E-state index >= 15 is 0 Å². The molecule has 12 heteroatoms. The molecule has 126 valence electrons. The molecule has 0 amide bonds. The summed E-state index contributed by atoms with van der Waals surface area (Å²) >= 11 is 15.9. The van der Waals surface area contributed by atoms with E-state index in [1.807, 2.05) is 0 Å². The molecule has 0 aliphatic carbocycles. The van der Waals surface area contributed by atoms with Crippen molar-refractivity contribution in [3.05, 3.63) is 37.9 Å². The molecule has 0 fully saturated rings. The molecule has 9 nitrogen and oxygen atoms in total. The van der Waals surface area contributed by atoms with Crippen molar-refractivity contribution in [1.29, 1.82) is 0 Å². The van der Waals surface area contributed by atoms with Gasteiger partial charge in [-0.15, -0.1) is 0 Å². The number of carbonyl (C=O) groups is 1. The van der Waals surface area contributed by atoms with E-state index < -0.39 is 43.2 Å². The molecule has 0 aliphatic rings. The molecule has 0 saturated carbocycles. The second kappa shape index (κ2) is 7.16. The summed E-state index contributed by atoms with van der Waals surface area (Å²) in [7, 11) is 3.04. The first-order valence-electron chi connectivity index (χ1n) is 5.82. The van der Waals surface area contributed by atoms with E-state index in [4.69, 9.17) is 34.8 Å². The zero-order valence-corrected chi connectivity index (χ0v) is 14.1. The van der Waals surface area contributed by atoms with Crippen molar-refractivity contribution in [2.75, 3.05) is 19.0 Å². The summed E-state index contributed by atoms with van der Waals surface area (Å²) in [6.07, 6.45) is 0. The van der Waals surface area contributed by atoms with Gasteiger partial charge in [-0.3, -0.25) is 20.2 Å². The number of nitrogens with zero attached hydrogens (tertiary/aromatic N) is 3. The van der Waals surface area contributed by atoms with Gasteiger partial charge >= 0.3 is 11.7 Å². The van der Waals surface area contributed by atoms with Crippen LogP contribution in [0.1, 0.15) is 5.56 Å². The number of esters is 1. The second-order valence-corrected chi connectivity index (χ2v) is 6.69. The van der Waals surface area contributed by atoms with Gasteiger partial charge in [0.05, 0.1) is 9.85 Å². The number of nitro benzene ring substituents is 2. The van der Waals surface area contributed by atoms with Gasteiger partial charge in [0.15, 0.2) is 0 Å². The van der Waals surface area contributed by atoms with E-state index in [-0.39, 0.29) is 5.69 Å². The van der Waals surface area contributed by atoms with Crippen LogP contribution < -0.4 is 4.90 Å². The van der Waals surface area contributed by atoms with E-state index in [9.17, 15) is 25.0 Å². The van der Waals surface area contributed by atoms with Gasteiger partial charge in [0.25, 0.3) is 9.48 Å². The van der Waals surface area contributed by atoms with Crippen molar-refractivity contribution in [2.24, 2.45) is 0 Å². The monoisotopic (exact) mass is 385 g/mol. The van der Waals surface area contributed by atoms with Crippen LogP contribution in [0, 0.1) is 20.2 Å². The lowest BCUT2D eigenvalue weighted by molar-refractivity contribution is -0.395. The predicted octanol–water partition coefficient (Wildman–Crippen LogP) is 2.98. The maximum Gasteiger partial charge on any atom is 0.358 e. The molecule has 1 aromatic carbocycles. The van der Waals surface area contributed by atoms with Crippen molar-refractivity contribution in [3.63, 3.8) is 0 Å². The fraction of sp³-hybridized carbons (Fsp3) is 0.364. The van der Waals surface area contributed by atoms with Gasteiger partial charge in [-0.1, -0.05) is 34.8 Å². The van der Waals surface area contributed by atoms with E-state index in [2.05, 4.69) is 4.74 Å². The largest absolute Gasteiger partial charge is 0.457 e. The lowest BCUT2D eigenvalue weighted by Gasteiger charge is -2.16. The number of nitro groups is 2. The number of halogens is 3. The van der Waals surface area contributed by atoms with Crippen LogP contribution >= 0.6 is 34.8 Å². The highest BCUT2D eigenvalue weighted by atomic mass is 35.6. The molecule has 1 rings (SSSR count). The Bertz CT molecular complexity index is 659. The first-order chi connectivity index (χ1) is 10.5. The van der Waals surface area contributed by atoms with Crippen molar-refractivity contribution < 1.29 is 19.4 Å². The first kappa shape index (κ1) is 19.2. The number of hydrogen-bond acceptors (Lipinski definition) is 7. The van der Waals surface area contributed by atoms with Crippen LogP contribution in [0.4, 0.5) is 17.1 Å². The summed E-state index contributed by atoms with van der Waals surface area (Å²) in [6.45, 7) is -0.791. The van der Waals surface area contributed by atoms with Crippen molar-refractivity contribution in [1.82, 2.24) is 0 Å². The van der Waals surface area contributed by atoms with Gasteiger partial charge in [-0.2, -0.15) is 0 Å². The Labute approximate surface area is 145 Å². The highest BCUT2D eigenvalue weighted by Crippen LogP contribution is 2.38. The third-order valence-corrected chi connectivity index (χ3v) is 3.14. The molecule has 0 spiro atoms. The summed E-state index contributed by atoms with van der Waals surface area (Å²) in [5.74, 6) is -1.30. The van der Waals surface area contributed by atoms with Gasteiger partial charge in [-0.25, -0.2) is 4.79 Å². The van der Waals surface area contributed by atoms with Crippen LogP contribution in [0.25, 0.3) is 0 Å². The molecule has 0 N–H and O–H groups in total. The predicted molar refractivity (Wildman–Crippen MR) is 84.2 cm³/mol. The van der Waals surface area contributed by atoms with Crippen molar-refractivity contribution in [3.8, 4) is 0 Å². The zero-order valence-electron chi connectivity index (χ0n) is 11.8. The van der Waals surface area contributed by atoms with Crippen molar-refractivity contribution >= 4 is 57.8 Å². The fourth-order valence-electron chi connectivity index (χ4n) is 1.71. The summed E-state index contributed by atoms with van der Waals surface area (Å²) in [4.78, 5) is 33.6. The minimum atomic E-state index is -2.40. The standard InChI is InChI=1S/C11H10Cl3N3O6/c1-15(2)8-4-3-7(16(19)20)6(9(8)17(21)22)5-23-10(18)11(12,13)14/h3-4H,5H2,1-2H3. The number of alkyl halides is 3. The minimum absolute atomic E-state index is 0.0977. The number of ether oxygens (including phenoxy) is 1. The molecule has 0 bridgehead atoms. The molecule has 0 atom stereocenters. The normalized spacial score (nSPS) is 11.0. The maximum atomic E-state index is 11.5. The number of anilines is 1. The lowest BCUT2D eigenvalue weighted by Crippen LogP contribution is -2.22. The minimum Gasteiger partial charge on any atom is -0.457 e. The SMILES string of the molecule is CN(C)c1ccc([N+](=O)[O-])c(COC(=O)C(Cl)(Cl)Cl)c1[N+](=O)[O-]. The Hall–Kier alpha value is -1.84. The molecular formula is C11H10Cl3N3O6. The number of hydrogen-bond donors (Lipinski definition) is 0. The van der Waals surface area contributed by atoms with E-state index in [1.165, 1.54) is 25.1 Å². The van der Waals surface area contributed by atoms with Gasteiger partial charge in [-0.05, 0) is 6.07 Å². The van der Waals surface area contributed by atoms with Crippen LogP contribution in [-0.4, -0.2) is 33.7 Å². The molecule has 0 heterocycles. The van der Waals surface area contributed by atoms with Gasteiger partial charge < -0.3 is 9.64 Å². The third-order valence-electron chi connectivity index (χ3n) is 2.68. The highest BCUT2D eigenvalue weighted by Gasteiger charge is 2.35. The van der Waals surface area contributed by atoms with Crippen LogP contribution in [-0.2, 0) is 16.1 Å². The molecule has 0 unspecified atom stereocenters. The molecule has 0 aromatic heterocycles.